The van der Waals surface area contributed by atoms with Crippen molar-refractivity contribution in [2.24, 2.45) is 0 Å². The number of nitrogens with zero attached hydrogens (tertiary/aromatic N) is 1. The molecule has 0 aliphatic rings. The van der Waals surface area contributed by atoms with E-state index in [1.165, 1.54) is 0 Å². The van der Waals surface area contributed by atoms with Crippen molar-refractivity contribution in [1.29, 1.82) is 0 Å². The third-order valence-corrected chi connectivity index (χ3v) is 5.35. The molecule has 3 aromatic carbocycles. The molecule has 0 saturated carbocycles. The van der Waals surface area contributed by atoms with E-state index in [0.717, 1.165) is 12.2 Å². The number of benzene rings is 3. The van der Waals surface area contributed by atoms with Crippen LogP contribution in [0.4, 0.5) is 0 Å². The molecule has 4 rings (SSSR count). The minimum Gasteiger partial charge on any atom is -0.494 e. The number of allylic oxidation sites excluding steroid dienone is 1. The molecule has 0 aliphatic carbocycles. The van der Waals surface area contributed by atoms with Crippen LogP contribution in [0.1, 0.15) is 35.2 Å². The zero-order chi connectivity index (χ0) is 21.8. The zero-order valence-electron chi connectivity index (χ0n) is 16.8. The first-order valence-electron chi connectivity index (χ1n) is 9.85. The molecule has 0 fully saturated rings. The molecular weight excluding hydrogens is 433 g/mol. The Bertz CT molecular complexity index is 1230. The molecule has 0 bridgehead atoms. The minimum absolute atomic E-state index is 0.223. The Morgan fingerprint density at radius 2 is 1.81 bits per heavy atom. The summed E-state index contributed by atoms with van der Waals surface area (Å²) in [6, 6.07) is 19.6. The summed E-state index contributed by atoms with van der Waals surface area (Å²) in [5, 5.41) is 0.841. The molecule has 0 atom stereocenters. The lowest BCUT2D eigenvalue weighted by atomic mass is 10.0. The number of halogens is 2. The molecule has 0 N–H and O–H groups in total. The van der Waals surface area contributed by atoms with E-state index in [9.17, 15) is 4.79 Å². The van der Waals surface area contributed by atoms with Gasteiger partial charge < -0.3 is 9.15 Å². The van der Waals surface area contributed by atoms with Gasteiger partial charge in [0.05, 0.1) is 22.2 Å². The number of para-hydroxylation sites is 2. The second kappa shape index (κ2) is 9.38. The van der Waals surface area contributed by atoms with Crippen LogP contribution >= 0.6 is 23.2 Å². The van der Waals surface area contributed by atoms with Crippen LogP contribution < -0.4 is 4.74 Å². The summed E-state index contributed by atoms with van der Waals surface area (Å²) in [4.78, 5) is 17.9. The predicted octanol–water partition coefficient (Wildman–Crippen LogP) is 7.35. The molecule has 1 aromatic heterocycles. The van der Waals surface area contributed by atoms with Gasteiger partial charge in [0.1, 0.15) is 11.3 Å². The number of ether oxygens (including phenoxy) is 1. The van der Waals surface area contributed by atoms with Crippen LogP contribution in [0, 0.1) is 0 Å². The fourth-order valence-corrected chi connectivity index (χ4v) is 3.37. The quantitative estimate of drug-likeness (QED) is 0.217. The highest BCUT2D eigenvalue weighted by atomic mass is 35.5. The summed E-state index contributed by atoms with van der Waals surface area (Å²) < 4.78 is 11.5. The Balaban J connectivity index is 1.76. The van der Waals surface area contributed by atoms with Gasteiger partial charge in [-0.2, -0.15) is 0 Å². The number of fused-ring (bicyclic) bond motifs is 1. The van der Waals surface area contributed by atoms with Crippen molar-refractivity contribution in [2.75, 3.05) is 6.61 Å². The van der Waals surface area contributed by atoms with Crippen molar-refractivity contribution in [3.8, 4) is 5.75 Å². The Morgan fingerprint density at radius 1 is 1.03 bits per heavy atom. The number of rotatable bonds is 7. The lowest BCUT2D eigenvalue weighted by molar-refractivity contribution is 0.105. The van der Waals surface area contributed by atoms with E-state index in [2.05, 4.69) is 4.98 Å². The predicted molar refractivity (Wildman–Crippen MR) is 125 cm³/mol. The highest BCUT2D eigenvalue weighted by molar-refractivity contribution is 6.42. The number of hydrogen-bond donors (Lipinski definition) is 0. The molecule has 4 nitrogen and oxygen atoms in total. The standard InChI is InChI=1S/C25H19Cl2NO3/c1-2-13-30-18-10-8-17(9-11-18)24(29)19(14-16-7-12-20(26)21(27)15-16)25-28-22-5-3-4-6-23(22)31-25/h3-12,14-15H,2,13H2,1H3. The van der Waals surface area contributed by atoms with E-state index in [0.29, 0.717) is 44.5 Å². The third-order valence-electron chi connectivity index (χ3n) is 4.61. The molecule has 1 heterocycles. The number of ketones is 1. The number of carbonyl (C=O) groups is 1. The van der Waals surface area contributed by atoms with Gasteiger partial charge in [0.2, 0.25) is 5.89 Å². The van der Waals surface area contributed by atoms with Crippen LogP contribution in [0.25, 0.3) is 22.7 Å². The molecule has 0 radical (unpaired) electrons. The molecule has 0 saturated heterocycles. The van der Waals surface area contributed by atoms with Gasteiger partial charge in [0, 0.05) is 5.56 Å². The average molecular weight is 452 g/mol. The molecule has 6 heteroatoms. The summed E-state index contributed by atoms with van der Waals surface area (Å²) in [6.45, 7) is 2.66. The van der Waals surface area contributed by atoms with Gasteiger partial charge in [0.15, 0.2) is 11.4 Å². The van der Waals surface area contributed by atoms with Crippen LogP contribution in [0.2, 0.25) is 10.0 Å². The summed E-state index contributed by atoms with van der Waals surface area (Å²) in [6.07, 6.45) is 2.62. The normalized spacial score (nSPS) is 11.6. The van der Waals surface area contributed by atoms with E-state index >= 15 is 0 Å². The second-order valence-corrected chi connectivity index (χ2v) is 7.73. The van der Waals surface area contributed by atoms with E-state index in [1.807, 2.05) is 31.2 Å². The Morgan fingerprint density at radius 3 is 2.52 bits per heavy atom. The number of aromatic nitrogens is 1. The van der Waals surface area contributed by atoms with Gasteiger partial charge in [-0.15, -0.1) is 0 Å². The number of oxazole rings is 1. The fraction of sp³-hybridized carbons (Fsp3) is 0.120. The van der Waals surface area contributed by atoms with Crippen molar-refractivity contribution >= 4 is 51.7 Å². The maximum atomic E-state index is 13.4. The number of carbonyl (C=O) groups excluding carboxylic acids is 1. The zero-order valence-corrected chi connectivity index (χ0v) is 18.3. The fourth-order valence-electron chi connectivity index (χ4n) is 3.06. The summed E-state index contributed by atoms with van der Waals surface area (Å²) in [5.74, 6) is 0.735. The summed E-state index contributed by atoms with van der Waals surface area (Å²) in [5.41, 5.74) is 2.81. The molecule has 156 valence electrons. The van der Waals surface area contributed by atoms with Gasteiger partial charge >= 0.3 is 0 Å². The molecular formula is C25H19Cl2NO3. The molecule has 31 heavy (non-hydrogen) atoms. The lowest BCUT2D eigenvalue weighted by Crippen LogP contribution is -2.04. The lowest BCUT2D eigenvalue weighted by Gasteiger charge is -2.07. The van der Waals surface area contributed by atoms with Gasteiger partial charge in [-0.25, -0.2) is 4.98 Å². The minimum atomic E-state index is -0.223. The van der Waals surface area contributed by atoms with Crippen molar-refractivity contribution in [3.63, 3.8) is 0 Å². The maximum absolute atomic E-state index is 13.4. The molecule has 0 amide bonds. The number of hydrogen-bond acceptors (Lipinski definition) is 4. The van der Waals surface area contributed by atoms with Crippen LogP contribution in [0.5, 0.6) is 5.75 Å². The van der Waals surface area contributed by atoms with E-state index in [1.54, 1.807) is 48.5 Å². The first kappa shape index (κ1) is 21.2. The first-order valence-corrected chi connectivity index (χ1v) is 10.6. The van der Waals surface area contributed by atoms with Crippen molar-refractivity contribution in [3.05, 3.63) is 93.8 Å². The molecule has 0 unspecified atom stereocenters. The molecule has 0 spiro atoms. The maximum Gasteiger partial charge on any atom is 0.231 e. The average Bonchev–Trinajstić information content (AvgIpc) is 3.22. The van der Waals surface area contributed by atoms with E-state index in [-0.39, 0.29) is 11.7 Å². The van der Waals surface area contributed by atoms with Crippen LogP contribution in [-0.2, 0) is 0 Å². The summed E-state index contributed by atoms with van der Waals surface area (Å²) >= 11 is 12.2. The smallest absolute Gasteiger partial charge is 0.231 e. The van der Waals surface area contributed by atoms with Gasteiger partial charge in [-0.05, 0) is 66.6 Å². The van der Waals surface area contributed by atoms with Gasteiger partial charge in [-0.1, -0.05) is 48.3 Å². The molecule has 4 aromatic rings. The highest BCUT2D eigenvalue weighted by Crippen LogP contribution is 2.29. The van der Waals surface area contributed by atoms with Crippen molar-refractivity contribution in [2.45, 2.75) is 13.3 Å². The van der Waals surface area contributed by atoms with E-state index in [4.69, 9.17) is 32.4 Å². The Hall–Kier alpha value is -3.08. The van der Waals surface area contributed by atoms with Gasteiger partial charge in [0.25, 0.3) is 0 Å². The van der Waals surface area contributed by atoms with Crippen LogP contribution in [-0.4, -0.2) is 17.4 Å². The molecule has 0 aliphatic heterocycles. The van der Waals surface area contributed by atoms with Crippen molar-refractivity contribution in [1.82, 2.24) is 4.98 Å². The monoisotopic (exact) mass is 451 g/mol. The summed E-state index contributed by atoms with van der Waals surface area (Å²) in [7, 11) is 0. The van der Waals surface area contributed by atoms with E-state index < -0.39 is 0 Å². The van der Waals surface area contributed by atoms with Crippen LogP contribution in [0.15, 0.2) is 71.1 Å². The third kappa shape index (κ3) is 4.82. The van der Waals surface area contributed by atoms with Crippen molar-refractivity contribution < 1.29 is 13.9 Å². The number of Topliss-reactive ketones (excluding diaryl/α,β-unsaturated/α-hetero) is 1. The van der Waals surface area contributed by atoms with Crippen LogP contribution in [0.3, 0.4) is 0 Å². The largest absolute Gasteiger partial charge is 0.494 e. The topological polar surface area (TPSA) is 52.3 Å². The highest BCUT2D eigenvalue weighted by Gasteiger charge is 2.20. The Kier molecular flexibility index (Phi) is 6.40. The van der Waals surface area contributed by atoms with Gasteiger partial charge in [-0.3, -0.25) is 4.79 Å². The second-order valence-electron chi connectivity index (χ2n) is 6.92. The first-order chi connectivity index (χ1) is 15.0. The Labute approximate surface area is 190 Å². The SMILES string of the molecule is CCCOc1ccc(C(=O)C(=Cc2ccc(Cl)c(Cl)c2)c2nc3ccccc3o2)cc1.